The van der Waals surface area contributed by atoms with E-state index in [1.165, 1.54) is 0 Å². The molecule has 0 radical (unpaired) electrons. The Morgan fingerprint density at radius 1 is 1.19 bits per heavy atom. The number of aliphatic hydroxyl groups excluding tert-OH is 1. The predicted octanol–water partition coefficient (Wildman–Crippen LogP) is 2.97. The maximum Gasteiger partial charge on any atom is 0.303 e. The number of hydrogen-bond acceptors (Lipinski definition) is 5. The van der Waals surface area contributed by atoms with E-state index < -0.39 is 18.1 Å². The Bertz CT molecular complexity index is 308. The van der Waals surface area contributed by atoms with E-state index in [-0.39, 0.29) is 24.5 Å². The highest BCUT2D eigenvalue weighted by molar-refractivity contribution is 5.66. The van der Waals surface area contributed by atoms with Crippen molar-refractivity contribution in [3.63, 3.8) is 0 Å². The summed E-state index contributed by atoms with van der Waals surface area (Å²) in [7, 11) is 0. The molecule has 124 valence electrons. The third kappa shape index (κ3) is 9.52. The molecule has 2 N–H and O–H groups in total. The van der Waals surface area contributed by atoms with E-state index in [9.17, 15) is 14.8 Å². The fraction of sp³-hybridized carbons (Fsp3) is 0.933. The number of rotatable bonds is 12. The molecule has 0 saturated carbocycles. The summed E-state index contributed by atoms with van der Waals surface area (Å²) in [6.07, 6.45) is 1.63. The van der Waals surface area contributed by atoms with Crippen LogP contribution in [0.25, 0.3) is 0 Å². The summed E-state index contributed by atoms with van der Waals surface area (Å²) < 4.78 is 5.74. The number of carboxylic acids is 1. The Kier molecular flexibility index (Phi) is 10.2. The SMILES string of the molecule is CC(CCCCC(=O)O)OC(C)C(CC(O)C(C)C)N=O. The van der Waals surface area contributed by atoms with Gasteiger partial charge in [-0.25, -0.2) is 0 Å². The Balaban J connectivity index is 4.09. The first-order chi connectivity index (χ1) is 9.77. The highest BCUT2D eigenvalue weighted by Gasteiger charge is 2.25. The van der Waals surface area contributed by atoms with E-state index in [2.05, 4.69) is 5.18 Å². The van der Waals surface area contributed by atoms with Gasteiger partial charge in [-0.2, -0.15) is 4.91 Å². The number of aliphatic carboxylic acids is 1. The zero-order valence-electron chi connectivity index (χ0n) is 13.5. The van der Waals surface area contributed by atoms with Gasteiger partial charge in [-0.15, -0.1) is 0 Å². The van der Waals surface area contributed by atoms with Gasteiger partial charge in [0.15, 0.2) is 0 Å². The predicted molar refractivity (Wildman–Crippen MR) is 81.2 cm³/mol. The van der Waals surface area contributed by atoms with E-state index in [4.69, 9.17) is 9.84 Å². The molecule has 0 aromatic carbocycles. The zero-order chi connectivity index (χ0) is 16.4. The van der Waals surface area contributed by atoms with Crippen LogP contribution in [0.3, 0.4) is 0 Å². The number of carbonyl (C=O) groups is 1. The first-order valence-electron chi connectivity index (χ1n) is 7.65. The van der Waals surface area contributed by atoms with Gasteiger partial charge in [-0.3, -0.25) is 4.79 Å². The molecule has 0 fully saturated rings. The van der Waals surface area contributed by atoms with Crippen molar-refractivity contribution in [1.82, 2.24) is 0 Å². The normalized spacial score (nSPS) is 17.2. The molecule has 0 bridgehead atoms. The molecule has 0 aliphatic rings. The smallest absolute Gasteiger partial charge is 0.303 e. The van der Waals surface area contributed by atoms with Crippen LogP contribution in [0.1, 0.15) is 59.8 Å². The summed E-state index contributed by atoms with van der Waals surface area (Å²) in [6.45, 7) is 7.47. The van der Waals surface area contributed by atoms with Crippen LogP contribution in [0.5, 0.6) is 0 Å². The molecule has 0 aliphatic carbocycles. The summed E-state index contributed by atoms with van der Waals surface area (Å²) in [5.74, 6) is -0.709. The van der Waals surface area contributed by atoms with Crippen LogP contribution in [0.2, 0.25) is 0 Å². The summed E-state index contributed by atoms with van der Waals surface area (Å²) in [6, 6.07) is -0.566. The van der Waals surface area contributed by atoms with Gasteiger partial charge in [-0.05, 0) is 32.6 Å². The topological polar surface area (TPSA) is 96.2 Å². The summed E-state index contributed by atoms with van der Waals surface area (Å²) in [4.78, 5) is 21.3. The van der Waals surface area contributed by atoms with E-state index in [1.54, 1.807) is 6.92 Å². The Morgan fingerprint density at radius 3 is 2.29 bits per heavy atom. The molecular weight excluding hydrogens is 274 g/mol. The number of hydrogen-bond donors (Lipinski definition) is 2. The van der Waals surface area contributed by atoms with Gasteiger partial charge in [0.1, 0.15) is 6.04 Å². The van der Waals surface area contributed by atoms with Gasteiger partial charge in [-0.1, -0.05) is 25.4 Å². The Hall–Kier alpha value is -1.01. The van der Waals surface area contributed by atoms with Crippen LogP contribution in [-0.2, 0) is 9.53 Å². The van der Waals surface area contributed by atoms with Gasteiger partial charge in [0, 0.05) is 12.8 Å². The van der Waals surface area contributed by atoms with Crippen LogP contribution in [0.4, 0.5) is 0 Å². The largest absolute Gasteiger partial charge is 0.481 e. The minimum absolute atomic E-state index is 0.0609. The van der Waals surface area contributed by atoms with Crippen molar-refractivity contribution in [2.75, 3.05) is 0 Å². The maximum absolute atomic E-state index is 10.9. The molecule has 21 heavy (non-hydrogen) atoms. The molecule has 6 heteroatoms. The lowest BCUT2D eigenvalue weighted by Crippen LogP contribution is -2.32. The average molecular weight is 303 g/mol. The van der Waals surface area contributed by atoms with Crippen molar-refractivity contribution in [1.29, 1.82) is 0 Å². The third-order valence-corrected chi connectivity index (χ3v) is 3.63. The molecule has 0 aromatic rings. The van der Waals surface area contributed by atoms with Crippen LogP contribution < -0.4 is 0 Å². The third-order valence-electron chi connectivity index (χ3n) is 3.63. The summed E-state index contributed by atoms with van der Waals surface area (Å²) in [5, 5.41) is 21.5. The van der Waals surface area contributed by atoms with Crippen LogP contribution in [0.15, 0.2) is 5.18 Å². The van der Waals surface area contributed by atoms with Gasteiger partial charge in [0.2, 0.25) is 0 Å². The second-order valence-corrected chi connectivity index (χ2v) is 6.01. The lowest BCUT2D eigenvalue weighted by atomic mass is 9.97. The number of aliphatic hydroxyl groups is 1. The molecule has 0 rings (SSSR count). The Labute approximate surface area is 126 Å². The molecule has 0 heterocycles. The first kappa shape index (κ1) is 20.0. The molecule has 0 spiro atoms. The minimum atomic E-state index is -0.787. The lowest BCUT2D eigenvalue weighted by Gasteiger charge is -2.25. The van der Waals surface area contributed by atoms with Crippen LogP contribution in [-0.4, -0.2) is 40.5 Å². The Morgan fingerprint density at radius 2 is 1.81 bits per heavy atom. The van der Waals surface area contributed by atoms with E-state index >= 15 is 0 Å². The monoisotopic (exact) mass is 303 g/mol. The lowest BCUT2D eigenvalue weighted by molar-refractivity contribution is -0.137. The molecule has 0 saturated heterocycles. The number of nitroso groups, excluding NO2 is 1. The molecule has 0 aromatic heterocycles. The van der Waals surface area contributed by atoms with Crippen molar-refractivity contribution in [2.24, 2.45) is 11.1 Å². The second-order valence-electron chi connectivity index (χ2n) is 6.01. The minimum Gasteiger partial charge on any atom is -0.481 e. The molecule has 4 unspecified atom stereocenters. The highest BCUT2D eigenvalue weighted by Crippen LogP contribution is 2.18. The molecule has 0 amide bonds. The van der Waals surface area contributed by atoms with Gasteiger partial charge in [0.25, 0.3) is 0 Å². The van der Waals surface area contributed by atoms with Crippen molar-refractivity contribution >= 4 is 5.97 Å². The fourth-order valence-corrected chi connectivity index (χ4v) is 2.07. The summed E-state index contributed by atoms with van der Waals surface area (Å²) >= 11 is 0. The highest BCUT2D eigenvalue weighted by atomic mass is 16.5. The second kappa shape index (κ2) is 10.7. The average Bonchev–Trinajstić information content (AvgIpc) is 2.39. The molecule has 0 aliphatic heterocycles. The number of ether oxygens (including phenoxy) is 1. The number of unbranched alkanes of at least 4 members (excludes halogenated alkanes) is 1. The first-order valence-corrected chi connectivity index (χ1v) is 7.65. The van der Waals surface area contributed by atoms with Crippen molar-refractivity contribution in [3.8, 4) is 0 Å². The standard InChI is InChI=1S/C15H29NO5/c1-10(2)14(17)9-13(16-20)12(4)21-11(3)7-5-6-8-15(18)19/h10-14,17H,5-9H2,1-4H3,(H,18,19). The van der Waals surface area contributed by atoms with Crippen molar-refractivity contribution in [2.45, 2.75) is 84.2 Å². The summed E-state index contributed by atoms with van der Waals surface area (Å²) in [5.41, 5.74) is 0. The van der Waals surface area contributed by atoms with E-state index in [1.807, 2.05) is 20.8 Å². The van der Waals surface area contributed by atoms with E-state index in [0.717, 1.165) is 12.8 Å². The molecule has 4 atom stereocenters. The maximum atomic E-state index is 10.9. The molecule has 6 nitrogen and oxygen atoms in total. The molecular formula is C15H29NO5. The van der Waals surface area contributed by atoms with Gasteiger partial charge < -0.3 is 14.9 Å². The van der Waals surface area contributed by atoms with Gasteiger partial charge >= 0.3 is 5.97 Å². The van der Waals surface area contributed by atoms with Crippen LogP contribution in [0, 0.1) is 10.8 Å². The zero-order valence-corrected chi connectivity index (χ0v) is 13.5. The van der Waals surface area contributed by atoms with Crippen molar-refractivity contribution < 1.29 is 19.7 Å². The van der Waals surface area contributed by atoms with Gasteiger partial charge in [0.05, 0.1) is 18.3 Å². The quantitative estimate of drug-likeness (QED) is 0.427. The van der Waals surface area contributed by atoms with Crippen molar-refractivity contribution in [3.05, 3.63) is 4.91 Å². The number of nitrogens with zero attached hydrogens (tertiary/aromatic N) is 1. The number of carboxylic acid groups (broad SMARTS) is 1. The fourth-order valence-electron chi connectivity index (χ4n) is 2.07. The van der Waals surface area contributed by atoms with E-state index in [0.29, 0.717) is 12.8 Å². The van der Waals surface area contributed by atoms with Crippen LogP contribution >= 0.6 is 0 Å².